The average Bonchev–Trinajstić information content (AvgIpc) is 2.73. The number of rotatable bonds is 5. The summed E-state index contributed by atoms with van der Waals surface area (Å²) in [4.78, 5) is 36.4. The first-order valence-electron chi connectivity index (χ1n) is 6.11. The highest BCUT2D eigenvalue weighted by Gasteiger charge is 2.45. The molecule has 124 valence electrons. The van der Waals surface area contributed by atoms with E-state index in [2.05, 4.69) is 21.3 Å². The third kappa shape index (κ3) is 3.70. The number of aromatic nitrogens is 2. The molecule has 1 aliphatic heterocycles. The summed E-state index contributed by atoms with van der Waals surface area (Å²) in [7, 11) is 1.17. The molecule has 0 aliphatic carbocycles. The van der Waals surface area contributed by atoms with Crippen molar-refractivity contribution in [3.63, 3.8) is 0 Å². The highest BCUT2D eigenvalue weighted by atomic mass is 32.5. The van der Waals surface area contributed by atoms with Crippen LogP contribution < -0.4 is 11.2 Å². The van der Waals surface area contributed by atoms with Gasteiger partial charge in [-0.2, -0.15) is 0 Å². The molecule has 0 amide bonds. The lowest BCUT2D eigenvalue weighted by molar-refractivity contribution is -0.0204. The maximum Gasteiger partial charge on any atom is 0.325 e. The van der Waals surface area contributed by atoms with Crippen molar-refractivity contribution < 1.29 is 28.9 Å². The van der Waals surface area contributed by atoms with Crippen molar-refractivity contribution in [3.05, 3.63) is 32.6 Å². The Labute approximate surface area is 128 Å². The number of ether oxygens (including phenoxy) is 1. The molecule has 0 aromatic carbocycles. The van der Waals surface area contributed by atoms with Crippen molar-refractivity contribution in [1.82, 2.24) is 9.97 Å². The molecule has 10 nitrogen and oxygen atoms in total. The summed E-state index contributed by atoms with van der Waals surface area (Å²) in [6, 6.07) is 0. The maximum absolute atomic E-state index is 11.7. The summed E-state index contributed by atoms with van der Waals surface area (Å²) in [6.45, 7) is -3.77. The van der Waals surface area contributed by atoms with Gasteiger partial charge in [0.1, 0.15) is 24.4 Å². The number of hydrogen-bond acceptors (Lipinski definition) is 8. The molecule has 0 bridgehead atoms. The van der Waals surface area contributed by atoms with Gasteiger partial charge >= 0.3 is 12.4 Å². The van der Waals surface area contributed by atoms with Gasteiger partial charge in [-0.25, -0.2) is 4.79 Å². The van der Waals surface area contributed by atoms with E-state index in [0.717, 1.165) is 6.20 Å². The predicted molar refractivity (Wildman–Crippen MR) is 76.8 cm³/mol. The third-order valence-corrected chi connectivity index (χ3v) is 4.85. The third-order valence-electron chi connectivity index (χ3n) is 3.15. The summed E-state index contributed by atoms with van der Waals surface area (Å²) in [5, 5.41) is 19.9. The fourth-order valence-corrected chi connectivity index (χ4v) is 2.62. The van der Waals surface area contributed by atoms with E-state index >= 15 is 0 Å². The van der Waals surface area contributed by atoms with E-state index in [1.54, 1.807) is 0 Å². The minimum atomic E-state index is -3.43. The van der Waals surface area contributed by atoms with E-state index in [9.17, 15) is 24.7 Å². The van der Waals surface area contributed by atoms with Crippen LogP contribution in [0.2, 0.25) is 0 Å². The number of aromatic amines is 2. The lowest BCUT2D eigenvalue weighted by Gasteiger charge is -2.18. The topological polar surface area (TPSA) is 154 Å². The molecule has 12 heteroatoms. The van der Waals surface area contributed by atoms with Gasteiger partial charge in [-0.15, -0.1) is 0 Å². The second-order valence-electron chi connectivity index (χ2n) is 4.55. The highest BCUT2D eigenvalue weighted by Crippen LogP contribution is 2.43. The Hall–Kier alpha value is -0.910. The SMILES string of the molecule is COP(O)(=S)OCC1OC(c2c[nH]c(=O)[nH]c2=O)C(O)C1O. The van der Waals surface area contributed by atoms with Crippen LogP contribution in [0.15, 0.2) is 15.8 Å². The summed E-state index contributed by atoms with van der Waals surface area (Å²) in [6.07, 6.45) is -3.89. The minimum absolute atomic E-state index is 0.0520. The molecule has 5 unspecified atom stereocenters. The van der Waals surface area contributed by atoms with Gasteiger partial charge in [-0.3, -0.25) is 9.78 Å². The average molecular weight is 354 g/mol. The molecule has 5 N–H and O–H groups in total. The molecule has 1 aromatic rings. The van der Waals surface area contributed by atoms with Crippen LogP contribution in [0.4, 0.5) is 0 Å². The fourth-order valence-electron chi connectivity index (χ4n) is 2.00. The summed E-state index contributed by atoms with van der Waals surface area (Å²) < 4.78 is 14.9. The van der Waals surface area contributed by atoms with Crippen LogP contribution in [0.5, 0.6) is 0 Å². The number of hydrogen-bond donors (Lipinski definition) is 5. The minimum Gasteiger partial charge on any atom is -0.387 e. The molecule has 5 atom stereocenters. The summed E-state index contributed by atoms with van der Waals surface area (Å²) in [5.41, 5.74) is -1.50. The fraction of sp³-hybridized carbons (Fsp3) is 0.600. The molecule has 0 spiro atoms. The first kappa shape index (κ1) is 17.4. The molecule has 22 heavy (non-hydrogen) atoms. The molecule has 1 aromatic heterocycles. The van der Waals surface area contributed by atoms with E-state index in [1.165, 1.54) is 7.11 Å². The molecule has 1 fully saturated rings. The van der Waals surface area contributed by atoms with Gasteiger partial charge in [-0.1, -0.05) is 0 Å². The van der Waals surface area contributed by atoms with Crippen molar-refractivity contribution in [2.24, 2.45) is 0 Å². The van der Waals surface area contributed by atoms with Gasteiger partial charge in [-0.05, 0) is 11.8 Å². The molecule has 1 saturated heterocycles. The number of aliphatic hydroxyl groups is 2. The molecular formula is C10H15N2O8PS. The normalized spacial score (nSPS) is 31.1. The van der Waals surface area contributed by atoms with Gasteiger partial charge in [0.2, 0.25) is 0 Å². The van der Waals surface area contributed by atoms with Crippen molar-refractivity contribution in [2.45, 2.75) is 24.4 Å². The summed E-state index contributed by atoms with van der Waals surface area (Å²) >= 11 is 4.63. The van der Waals surface area contributed by atoms with Crippen LogP contribution in [0, 0.1) is 0 Å². The zero-order valence-electron chi connectivity index (χ0n) is 11.3. The Morgan fingerprint density at radius 1 is 1.41 bits per heavy atom. The van der Waals surface area contributed by atoms with Gasteiger partial charge < -0.3 is 33.9 Å². The zero-order valence-corrected chi connectivity index (χ0v) is 13.0. The van der Waals surface area contributed by atoms with Gasteiger partial charge in [0.15, 0.2) is 0 Å². The van der Waals surface area contributed by atoms with Crippen LogP contribution in [0.1, 0.15) is 11.7 Å². The number of H-pyrrole nitrogens is 2. The van der Waals surface area contributed by atoms with Crippen molar-refractivity contribution in [3.8, 4) is 0 Å². The lowest BCUT2D eigenvalue weighted by Crippen LogP contribution is -2.34. The van der Waals surface area contributed by atoms with Crippen LogP contribution in [0.3, 0.4) is 0 Å². The molecule has 2 heterocycles. The monoisotopic (exact) mass is 354 g/mol. The molecule has 2 rings (SSSR count). The zero-order chi connectivity index (χ0) is 16.5. The molecule has 0 radical (unpaired) electrons. The Bertz CT molecular complexity index is 690. The second kappa shape index (κ2) is 6.69. The summed E-state index contributed by atoms with van der Waals surface area (Å²) in [5.74, 6) is 0. The Morgan fingerprint density at radius 2 is 2.09 bits per heavy atom. The molecular weight excluding hydrogens is 339 g/mol. The number of nitrogens with one attached hydrogen (secondary N) is 2. The lowest BCUT2D eigenvalue weighted by atomic mass is 10.0. The standard InChI is InChI=1S/C10H15N2O8PS/c1-18-21(17,22)19-3-5-6(13)7(14)8(20-5)4-2-11-10(16)12-9(4)15/h2,5-8,13-14H,3H2,1H3,(H,17,22)(H2,11,12,15,16). The van der Waals surface area contributed by atoms with E-state index < -0.39 is 42.4 Å². The highest BCUT2D eigenvalue weighted by molar-refractivity contribution is 8.07. The van der Waals surface area contributed by atoms with Crippen molar-refractivity contribution >= 4 is 18.5 Å². The van der Waals surface area contributed by atoms with Crippen LogP contribution in [-0.4, -0.2) is 57.1 Å². The van der Waals surface area contributed by atoms with Gasteiger partial charge in [0, 0.05) is 13.3 Å². The Balaban J connectivity index is 2.15. The first-order valence-corrected chi connectivity index (χ1v) is 8.71. The maximum atomic E-state index is 11.7. The predicted octanol–water partition coefficient (Wildman–Crippen LogP) is -1.90. The van der Waals surface area contributed by atoms with E-state index in [1.807, 2.05) is 4.98 Å². The quantitative estimate of drug-likeness (QED) is 0.382. The molecule has 0 saturated carbocycles. The van der Waals surface area contributed by atoms with Crippen molar-refractivity contribution in [1.29, 1.82) is 0 Å². The first-order chi connectivity index (χ1) is 10.2. The van der Waals surface area contributed by atoms with Gasteiger partial charge in [0.05, 0.1) is 12.2 Å². The van der Waals surface area contributed by atoms with Crippen LogP contribution in [0.25, 0.3) is 0 Å². The van der Waals surface area contributed by atoms with E-state index in [-0.39, 0.29) is 12.2 Å². The molecule has 1 aliphatic rings. The largest absolute Gasteiger partial charge is 0.387 e. The van der Waals surface area contributed by atoms with E-state index in [4.69, 9.17) is 9.26 Å². The second-order valence-corrected chi connectivity index (χ2v) is 7.50. The Kier molecular flexibility index (Phi) is 5.30. The Morgan fingerprint density at radius 3 is 2.68 bits per heavy atom. The van der Waals surface area contributed by atoms with Crippen LogP contribution >= 0.6 is 6.72 Å². The van der Waals surface area contributed by atoms with Crippen molar-refractivity contribution in [2.75, 3.05) is 13.7 Å². The van der Waals surface area contributed by atoms with E-state index in [0.29, 0.717) is 0 Å². The smallest absolute Gasteiger partial charge is 0.325 e. The number of aliphatic hydroxyl groups excluding tert-OH is 2. The van der Waals surface area contributed by atoms with Gasteiger partial charge in [0.25, 0.3) is 5.56 Å². The van der Waals surface area contributed by atoms with Crippen LogP contribution in [-0.2, 0) is 25.6 Å².